The summed E-state index contributed by atoms with van der Waals surface area (Å²) in [6, 6.07) is 7.91. The van der Waals surface area contributed by atoms with Gasteiger partial charge in [-0.1, -0.05) is 32.9 Å². The normalized spacial score (nSPS) is 13.2. The summed E-state index contributed by atoms with van der Waals surface area (Å²) < 4.78 is 5.58. The number of aliphatic hydroxyl groups is 2. The molecule has 20 heavy (non-hydrogen) atoms. The van der Waals surface area contributed by atoms with Crippen molar-refractivity contribution in [2.24, 2.45) is 5.41 Å². The summed E-state index contributed by atoms with van der Waals surface area (Å²) in [5, 5.41) is 22.1. The molecule has 0 amide bonds. The molecule has 0 fully saturated rings. The molecule has 0 saturated heterocycles. The number of hydrogen-bond donors (Lipinski definition) is 3. The van der Waals surface area contributed by atoms with Crippen LogP contribution in [-0.2, 0) is 6.42 Å². The molecule has 4 nitrogen and oxygen atoms in total. The van der Waals surface area contributed by atoms with Crippen LogP contribution in [-0.4, -0.2) is 42.6 Å². The van der Waals surface area contributed by atoms with Gasteiger partial charge in [0.2, 0.25) is 0 Å². The predicted molar refractivity (Wildman–Crippen MR) is 81.1 cm³/mol. The first kappa shape index (κ1) is 17.0. The second-order valence-electron chi connectivity index (χ2n) is 5.92. The Kier molecular flexibility index (Phi) is 6.99. The first-order valence-electron chi connectivity index (χ1n) is 7.18. The van der Waals surface area contributed by atoms with Crippen LogP contribution in [0.15, 0.2) is 24.3 Å². The van der Waals surface area contributed by atoms with Crippen LogP contribution in [0.2, 0.25) is 0 Å². The third kappa shape index (κ3) is 6.37. The fourth-order valence-electron chi connectivity index (χ4n) is 1.74. The molecule has 1 rings (SSSR count). The Morgan fingerprint density at radius 3 is 2.75 bits per heavy atom. The van der Waals surface area contributed by atoms with E-state index in [1.54, 1.807) is 0 Å². The molecule has 0 aliphatic rings. The zero-order chi connectivity index (χ0) is 15.0. The largest absolute Gasteiger partial charge is 0.491 e. The Labute approximate surface area is 121 Å². The van der Waals surface area contributed by atoms with Gasteiger partial charge in [0.15, 0.2) is 0 Å². The molecule has 0 saturated carbocycles. The number of rotatable bonds is 9. The average molecular weight is 281 g/mol. The van der Waals surface area contributed by atoms with Crippen LogP contribution in [0.1, 0.15) is 26.3 Å². The lowest BCUT2D eigenvalue weighted by Gasteiger charge is -2.23. The van der Waals surface area contributed by atoms with Crippen molar-refractivity contribution in [3.05, 3.63) is 29.8 Å². The van der Waals surface area contributed by atoms with E-state index in [0.29, 0.717) is 13.1 Å². The minimum Gasteiger partial charge on any atom is -0.491 e. The number of nitrogens with one attached hydrogen (secondary N) is 1. The molecular formula is C16H27NO3. The maximum Gasteiger partial charge on any atom is 0.119 e. The van der Waals surface area contributed by atoms with Crippen molar-refractivity contribution < 1.29 is 14.9 Å². The molecular weight excluding hydrogens is 254 g/mol. The molecule has 1 aromatic rings. The van der Waals surface area contributed by atoms with Gasteiger partial charge >= 0.3 is 0 Å². The Morgan fingerprint density at radius 1 is 1.35 bits per heavy atom. The van der Waals surface area contributed by atoms with Crippen molar-refractivity contribution in [1.82, 2.24) is 5.32 Å². The van der Waals surface area contributed by atoms with Gasteiger partial charge in [0.1, 0.15) is 18.5 Å². The molecule has 114 valence electrons. The second kappa shape index (κ2) is 8.25. The van der Waals surface area contributed by atoms with Crippen LogP contribution in [0.3, 0.4) is 0 Å². The maximum atomic E-state index is 9.86. The van der Waals surface area contributed by atoms with Crippen LogP contribution in [0.5, 0.6) is 5.75 Å². The van der Waals surface area contributed by atoms with Crippen molar-refractivity contribution in [3.63, 3.8) is 0 Å². The van der Waals surface area contributed by atoms with E-state index in [2.05, 4.69) is 18.3 Å². The summed E-state index contributed by atoms with van der Waals surface area (Å²) >= 11 is 0. The van der Waals surface area contributed by atoms with Gasteiger partial charge in [-0.05, 0) is 24.1 Å². The number of aryl methyl sites for hydroxylation is 1. The smallest absolute Gasteiger partial charge is 0.119 e. The second-order valence-corrected chi connectivity index (χ2v) is 5.92. The van der Waals surface area contributed by atoms with Gasteiger partial charge in [-0.15, -0.1) is 0 Å². The lowest BCUT2D eigenvalue weighted by molar-refractivity contribution is 0.0980. The fourth-order valence-corrected chi connectivity index (χ4v) is 1.74. The molecule has 0 aromatic heterocycles. The third-order valence-corrected chi connectivity index (χ3v) is 3.16. The molecule has 1 unspecified atom stereocenters. The first-order chi connectivity index (χ1) is 9.46. The number of aliphatic hydroxyl groups excluding tert-OH is 2. The van der Waals surface area contributed by atoms with Gasteiger partial charge in [0.25, 0.3) is 0 Å². The van der Waals surface area contributed by atoms with Crippen LogP contribution in [0.25, 0.3) is 0 Å². The molecule has 1 atom stereocenters. The highest BCUT2D eigenvalue weighted by Gasteiger charge is 2.16. The Morgan fingerprint density at radius 2 is 2.10 bits per heavy atom. The summed E-state index contributed by atoms with van der Waals surface area (Å²) in [7, 11) is 0. The van der Waals surface area contributed by atoms with E-state index < -0.39 is 6.10 Å². The molecule has 0 spiro atoms. The monoisotopic (exact) mass is 281 g/mol. The van der Waals surface area contributed by atoms with Crippen molar-refractivity contribution in [2.45, 2.75) is 33.3 Å². The quantitative estimate of drug-likeness (QED) is 0.643. The molecule has 0 aliphatic carbocycles. The fraction of sp³-hybridized carbons (Fsp3) is 0.625. The van der Waals surface area contributed by atoms with Gasteiger partial charge in [-0.3, -0.25) is 0 Å². The SMILES string of the molecule is CCc1cccc(OCC(O)CNCC(C)(C)CO)c1. The number of benzene rings is 1. The molecule has 0 aliphatic heterocycles. The molecule has 0 heterocycles. The third-order valence-electron chi connectivity index (χ3n) is 3.16. The number of ether oxygens (including phenoxy) is 1. The molecule has 0 bridgehead atoms. The van der Waals surface area contributed by atoms with E-state index in [0.717, 1.165) is 12.2 Å². The first-order valence-corrected chi connectivity index (χ1v) is 7.18. The summed E-state index contributed by atoms with van der Waals surface area (Å²) in [4.78, 5) is 0. The Bertz CT molecular complexity index is 393. The van der Waals surface area contributed by atoms with Gasteiger partial charge in [-0.2, -0.15) is 0 Å². The van der Waals surface area contributed by atoms with Crippen LogP contribution >= 0.6 is 0 Å². The van der Waals surface area contributed by atoms with E-state index in [1.165, 1.54) is 5.56 Å². The predicted octanol–water partition coefficient (Wildman–Crippen LogP) is 1.60. The van der Waals surface area contributed by atoms with E-state index in [9.17, 15) is 5.11 Å². The Hall–Kier alpha value is -1.10. The zero-order valence-electron chi connectivity index (χ0n) is 12.7. The van der Waals surface area contributed by atoms with Crippen LogP contribution in [0.4, 0.5) is 0 Å². The maximum absolute atomic E-state index is 9.86. The topological polar surface area (TPSA) is 61.7 Å². The standard InChI is InChI=1S/C16H27NO3/c1-4-13-6-5-7-15(8-13)20-10-14(19)9-17-11-16(2,3)12-18/h5-8,14,17-19H,4,9-12H2,1-3H3. The van der Waals surface area contributed by atoms with Gasteiger partial charge < -0.3 is 20.3 Å². The highest BCUT2D eigenvalue weighted by molar-refractivity contribution is 5.28. The van der Waals surface area contributed by atoms with Gasteiger partial charge in [0, 0.05) is 25.1 Å². The van der Waals surface area contributed by atoms with E-state index in [1.807, 2.05) is 32.0 Å². The molecule has 0 radical (unpaired) electrons. The van der Waals surface area contributed by atoms with Crippen LogP contribution in [0, 0.1) is 5.41 Å². The minimum atomic E-state index is -0.560. The van der Waals surface area contributed by atoms with E-state index >= 15 is 0 Å². The van der Waals surface area contributed by atoms with Gasteiger partial charge in [0.05, 0.1) is 0 Å². The van der Waals surface area contributed by atoms with Crippen molar-refractivity contribution >= 4 is 0 Å². The van der Waals surface area contributed by atoms with E-state index in [-0.39, 0.29) is 18.6 Å². The summed E-state index contributed by atoms with van der Waals surface area (Å²) in [5.74, 6) is 0.791. The summed E-state index contributed by atoms with van der Waals surface area (Å²) in [5.41, 5.74) is 1.05. The molecule has 3 N–H and O–H groups in total. The molecule has 1 aromatic carbocycles. The van der Waals surface area contributed by atoms with Crippen LogP contribution < -0.4 is 10.1 Å². The Balaban J connectivity index is 2.27. The van der Waals surface area contributed by atoms with Crippen molar-refractivity contribution in [3.8, 4) is 5.75 Å². The average Bonchev–Trinajstić information content (AvgIpc) is 2.45. The molecule has 4 heteroatoms. The van der Waals surface area contributed by atoms with Gasteiger partial charge in [-0.25, -0.2) is 0 Å². The summed E-state index contributed by atoms with van der Waals surface area (Å²) in [6.45, 7) is 7.54. The zero-order valence-corrected chi connectivity index (χ0v) is 12.7. The van der Waals surface area contributed by atoms with E-state index in [4.69, 9.17) is 9.84 Å². The lowest BCUT2D eigenvalue weighted by Crippen LogP contribution is -2.38. The highest BCUT2D eigenvalue weighted by atomic mass is 16.5. The van der Waals surface area contributed by atoms with Crippen molar-refractivity contribution in [2.75, 3.05) is 26.3 Å². The lowest BCUT2D eigenvalue weighted by atomic mass is 9.95. The van der Waals surface area contributed by atoms with Crippen molar-refractivity contribution in [1.29, 1.82) is 0 Å². The minimum absolute atomic E-state index is 0.121. The highest BCUT2D eigenvalue weighted by Crippen LogP contribution is 2.14. The summed E-state index contributed by atoms with van der Waals surface area (Å²) in [6.07, 6.45) is 0.409. The number of hydrogen-bond acceptors (Lipinski definition) is 4.